The predicted molar refractivity (Wildman–Crippen MR) is 82.0 cm³/mol. The smallest absolute Gasteiger partial charge is 0.330 e. The van der Waals surface area contributed by atoms with Crippen molar-refractivity contribution in [1.29, 1.82) is 0 Å². The first-order valence-corrected chi connectivity index (χ1v) is 6.72. The quantitative estimate of drug-likeness (QED) is 0.571. The summed E-state index contributed by atoms with van der Waals surface area (Å²) in [6, 6.07) is 0. The number of aromatic nitrogens is 2. The SMILES string of the molecule is CC(C)Cn1c(N)c(NCC(C)(C)C(N)=O)c(=O)[nH]c1=O. The molecule has 1 aromatic heterocycles. The summed E-state index contributed by atoms with van der Waals surface area (Å²) >= 11 is 0. The van der Waals surface area contributed by atoms with Crippen LogP contribution in [0, 0.1) is 11.3 Å². The minimum atomic E-state index is -0.849. The van der Waals surface area contributed by atoms with Crippen LogP contribution >= 0.6 is 0 Å². The summed E-state index contributed by atoms with van der Waals surface area (Å²) in [6.45, 7) is 7.68. The third kappa shape index (κ3) is 3.87. The fourth-order valence-corrected chi connectivity index (χ4v) is 1.70. The summed E-state index contributed by atoms with van der Waals surface area (Å²) in [7, 11) is 0. The minimum Gasteiger partial charge on any atom is -0.383 e. The van der Waals surface area contributed by atoms with E-state index in [1.165, 1.54) is 4.57 Å². The monoisotopic (exact) mass is 297 g/mol. The van der Waals surface area contributed by atoms with E-state index in [0.717, 1.165) is 0 Å². The van der Waals surface area contributed by atoms with Gasteiger partial charge in [0.25, 0.3) is 5.56 Å². The maximum atomic E-state index is 11.9. The second kappa shape index (κ2) is 6.02. The molecule has 6 N–H and O–H groups in total. The normalized spacial score (nSPS) is 11.7. The van der Waals surface area contributed by atoms with E-state index >= 15 is 0 Å². The van der Waals surface area contributed by atoms with Gasteiger partial charge in [0, 0.05) is 13.1 Å². The number of carbonyl (C=O) groups excluding carboxylic acids is 1. The third-order valence-corrected chi connectivity index (χ3v) is 3.16. The highest BCUT2D eigenvalue weighted by Crippen LogP contribution is 2.17. The number of anilines is 2. The molecule has 0 spiro atoms. The summed E-state index contributed by atoms with van der Waals surface area (Å²) in [4.78, 5) is 37.1. The van der Waals surface area contributed by atoms with Gasteiger partial charge in [0.1, 0.15) is 11.5 Å². The van der Waals surface area contributed by atoms with Crippen LogP contribution in [0.1, 0.15) is 27.7 Å². The van der Waals surface area contributed by atoms with Gasteiger partial charge in [-0.3, -0.25) is 19.1 Å². The Kier molecular flexibility index (Phi) is 4.82. The summed E-state index contributed by atoms with van der Waals surface area (Å²) in [5.74, 6) is -0.260. The number of nitrogen functional groups attached to an aromatic ring is 1. The van der Waals surface area contributed by atoms with Crippen molar-refractivity contribution in [2.24, 2.45) is 17.1 Å². The largest absolute Gasteiger partial charge is 0.383 e. The summed E-state index contributed by atoms with van der Waals surface area (Å²) in [5, 5.41) is 2.81. The second-order valence-corrected chi connectivity index (χ2v) is 6.13. The Balaban J connectivity index is 3.17. The molecule has 0 unspecified atom stereocenters. The molecule has 1 rings (SSSR count). The first-order chi connectivity index (χ1) is 9.56. The number of H-pyrrole nitrogens is 1. The lowest BCUT2D eigenvalue weighted by Crippen LogP contribution is -2.40. The van der Waals surface area contributed by atoms with E-state index in [0.29, 0.717) is 6.54 Å². The van der Waals surface area contributed by atoms with Gasteiger partial charge in [-0.2, -0.15) is 0 Å². The second-order valence-electron chi connectivity index (χ2n) is 6.13. The molecule has 0 saturated heterocycles. The number of nitrogens with zero attached hydrogens (tertiary/aromatic N) is 1. The molecule has 8 heteroatoms. The molecule has 0 radical (unpaired) electrons. The van der Waals surface area contributed by atoms with Gasteiger partial charge in [-0.05, 0) is 19.8 Å². The van der Waals surface area contributed by atoms with Gasteiger partial charge < -0.3 is 16.8 Å². The van der Waals surface area contributed by atoms with Crippen LogP contribution < -0.4 is 28.0 Å². The van der Waals surface area contributed by atoms with E-state index in [1.807, 2.05) is 13.8 Å². The van der Waals surface area contributed by atoms with Crippen LogP contribution in [-0.2, 0) is 11.3 Å². The van der Waals surface area contributed by atoms with Crippen LogP contribution in [0.25, 0.3) is 0 Å². The first kappa shape index (κ1) is 16.8. The van der Waals surface area contributed by atoms with Crippen molar-refractivity contribution in [2.75, 3.05) is 17.6 Å². The van der Waals surface area contributed by atoms with Crippen LogP contribution in [0.2, 0.25) is 0 Å². The van der Waals surface area contributed by atoms with Crippen molar-refractivity contribution in [3.8, 4) is 0 Å². The zero-order chi connectivity index (χ0) is 16.4. The number of hydrogen-bond acceptors (Lipinski definition) is 5. The fraction of sp³-hybridized carbons (Fsp3) is 0.615. The van der Waals surface area contributed by atoms with E-state index in [-0.39, 0.29) is 24.0 Å². The maximum Gasteiger partial charge on any atom is 0.330 e. The van der Waals surface area contributed by atoms with E-state index < -0.39 is 22.6 Å². The van der Waals surface area contributed by atoms with Crippen molar-refractivity contribution in [1.82, 2.24) is 9.55 Å². The molecule has 0 aliphatic heterocycles. The molecule has 0 fully saturated rings. The summed E-state index contributed by atoms with van der Waals surface area (Å²) in [5.41, 5.74) is 9.24. The Morgan fingerprint density at radius 2 is 1.95 bits per heavy atom. The molecule has 8 nitrogen and oxygen atoms in total. The first-order valence-electron chi connectivity index (χ1n) is 6.72. The molecule has 0 saturated carbocycles. The Morgan fingerprint density at radius 3 is 2.43 bits per heavy atom. The number of primary amides is 1. The van der Waals surface area contributed by atoms with Crippen molar-refractivity contribution >= 4 is 17.4 Å². The lowest BCUT2D eigenvalue weighted by atomic mass is 9.93. The van der Waals surface area contributed by atoms with Crippen LogP contribution in [0.15, 0.2) is 9.59 Å². The van der Waals surface area contributed by atoms with E-state index in [2.05, 4.69) is 10.3 Å². The number of nitrogens with two attached hydrogens (primary N) is 2. The number of hydrogen-bond donors (Lipinski definition) is 4. The standard InChI is InChI=1S/C13H23N5O3/c1-7(2)5-18-9(14)8(10(19)17-12(18)21)16-6-13(3,4)11(15)20/h7,16H,5-6,14H2,1-4H3,(H2,15,20)(H,17,19,21). The third-order valence-electron chi connectivity index (χ3n) is 3.16. The maximum absolute atomic E-state index is 11.9. The fourth-order valence-electron chi connectivity index (χ4n) is 1.70. The molecule has 0 atom stereocenters. The average molecular weight is 297 g/mol. The molecule has 1 heterocycles. The summed E-state index contributed by atoms with van der Waals surface area (Å²) < 4.78 is 1.30. The van der Waals surface area contributed by atoms with Gasteiger partial charge in [-0.15, -0.1) is 0 Å². The summed E-state index contributed by atoms with van der Waals surface area (Å²) in [6.07, 6.45) is 0. The van der Waals surface area contributed by atoms with Crippen molar-refractivity contribution in [3.05, 3.63) is 20.8 Å². The zero-order valence-electron chi connectivity index (χ0n) is 12.8. The minimum absolute atomic E-state index is 0.0534. The van der Waals surface area contributed by atoms with Gasteiger partial charge in [0.15, 0.2) is 0 Å². The van der Waals surface area contributed by atoms with E-state index in [1.54, 1.807) is 13.8 Å². The number of nitrogens with one attached hydrogen (secondary N) is 2. The van der Waals surface area contributed by atoms with Crippen molar-refractivity contribution in [2.45, 2.75) is 34.2 Å². The van der Waals surface area contributed by atoms with Gasteiger partial charge >= 0.3 is 5.69 Å². The number of amides is 1. The van der Waals surface area contributed by atoms with Gasteiger partial charge in [0.2, 0.25) is 5.91 Å². The van der Waals surface area contributed by atoms with Gasteiger partial charge in [-0.25, -0.2) is 4.79 Å². The molecular weight excluding hydrogens is 274 g/mol. The van der Waals surface area contributed by atoms with Gasteiger partial charge in [-0.1, -0.05) is 13.8 Å². The highest BCUT2D eigenvalue weighted by Gasteiger charge is 2.25. The lowest BCUT2D eigenvalue weighted by Gasteiger charge is -2.22. The Morgan fingerprint density at radius 1 is 1.38 bits per heavy atom. The molecular formula is C13H23N5O3. The molecule has 1 aromatic rings. The molecule has 118 valence electrons. The van der Waals surface area contributed by atoms with Gasteiger partial charge in [0.05, 0.1) is 5.41 Å². The Bertz CT molecular complexity index is 642. The lowest BCUT2D eigenvalue weighted by molar-refractivity contribution is -0.125. The molecule has 21 heavy (non-hydrogen) atoms. The Hall–Kier alpha value is -2.25. The predicted octanol–water partition coefficient (Wildman–Crippen LogP) is -0.302. The zero-order valence-corrected chi connectivity index (χ0v) is 12.8. The van der Waals surface area contributed by atoms with Crippen LogP contribution in [0.3, 0.4) is 0 Å². The van der Waals surface area contributed by atoms with E-state index in [9.17, 15) is 14.4 Å². The molecule has 0 bridgehead atoms. The number of aromatic amines is 1. The molecule has 0 aliphatic rings. The topological polar surface area (TPSA) is 136 Å². The molecule has 1 amide bonds. The number of carbonyl (C=O) groups is 1. The van der Waals surface area contributed by atoms with E-state index in [4.69, 9.17) is 11.5 Å². The van der Waals surface area contributed by atoms with Crippen molar-refractivity contribution in [3.63, 3.8) is 0 Å². The number of rotatable bonds is 6. The van der Waals surface area contributed by atoms with Crippen LogP contribution in [-0.4, -0.2) is 22.0 Å². The van der Waals surface area contributed by atoms with Crippen molar-refractivity contribution < 1.29 is 4.79 Å². The van der Waals surface area contributed by atoms with Crippen LogP contribution in [0.5, 0.6) is 0 Å². The highest BCUT2D eigenvalue weighted by atomic mass is 16.2. The molecule has 0 aromatic carbocycles. The Labute approximate surface area is 122 Å². The van der Waals surface area contributed by atoms with Crippen LogP contribution in [0.4, 0.5) is 11.5 Å². The molecule has 0 aliphatic carbocycles. The highest BCUT2D eigenvalue weighted by molar-refractivity contribution is 5.80. The average Bonchev–Trinajstić information content (AvgIpc) is 2.33.